The summed E-state index contributed by atoms with van der Waals surface area (Å²) in [5.41, 5.74) is 1.98. The molecule has 1 heteroatoms. The van der Waals surface area contributed by atoms with Crippen LogP contribution in [0.25, 0.3) is 0 Å². The summed E-state index contributed by atoms with van der Waals surface area (Å²) in [6.07, 6.45) is 9.62. The largest absolute Gasteiger partial charge is 0.497 e. The summed E-state index contributed by atoms with van der Waals surface area (Å²) in [4.78, 5) is 0. The minimum Gasteiger partial charge on any atom is -0.497 e. The summed E-state index contributed by atoms with van der Waals surface area (Å²) in [6, 6.07) is 8.84. The van der Waals surface area contributed by atoms with Gasteiger partial charge in [-0.25, -0.2) is 0 Å². The number of hydrogen-bond acceptors (Lipinski definition) is 1. The van der Waals surface area contributed by atoms with Gasteiger partial charge < -0.3 is 4.74 Å². The third-order valence-corrected chi connectivity index (χ3v) is 4.71. The van der Waals surface area contributed by atoms with Crippen molar-refractivity contribution in [3.63, 3.8) is 0 Å². The highest BCUT2D eigenvalue weighted by molar-refractivity contribution is 5.32. The van der Waals surface area contributed by atoms with Crippen LogP contribution in [-0.4, -0.2) is 7.11 Å². The molecule has 0 radical (unpaired) electrons. The number of methoxy groups -OCH3 is 1. The first-order valence-electron chi connectivity index (χ1n) is 7.81. The van der Waals surface area contributed by atoms with Crippen LogP contribution in [0.1, 0.15) is 64.4 Å². The maximum atomic E-state index is 5.29. The molecule has 19 heavy (non-hydrogen) atoms. The molecule has 0 unspecified atom stereocenters. The van der Waals surface area contributed by atoms with E-state index in [0.29, 0.717) is 5.41 Å². The fraction of sp³-hybridized carbons (Fsp3) is 0.667. The molecule has 0 heterocycles. The molecular formula is C18H28O. The number of benzene rings is 1. The lowest BCUT2D eigenvalue weighted by atomic mass is 9.66. The lowest BCUT2D eigenvalue weighted by molar-refractivity contribution is 0.257. The molecule has 1 saturated carbocycles. The molecule has 0 amide bonds. The highest BCUT2D eigenvalue weighted by Crippen LogP contribution is 2.44. The van der Waals surface area contributed by atoms with Crippen molar-refractivity contribution < 1.29 is 4.74 Å². The van der Waals surface area contributed by atoms with Crippen molar-refractivity contribution in [2.45, 2.75) is 64.2 Å². The zero-order valence-electron chi connectivity index (χ0n) is 12.7. The van der Waals surface area contributed by atoms with Gasteiger partial charge in [-0.3, -0.25) is 0 Å². The van der Waals surface area contributed by atoms with E-state index in [1.54, 1.807) is 7.11 Å². The summed E-state index contributed by atoms with van der Waals surface area (Å²) in [7, 11) is 1.74. The van der Waals surface area contributed by atoms with Gasteiger partial charge >= 0.3 is 0 Å². The summed E-state index contributed by atoms with van der Waals surface area (Å²) in [5.74, 6) is 1.77. The maximum absolute atomic E-state index is 5.29. The number of rotatable bonds is 5. The molecule has 0 bridgehead atoms. The van der Waals surface area contributed by atoms with Crippen molar-refractivity contribution in [3.8, 4) is 5.75 Å². The van der Waals surface area contributed by atoms with Crippen molar-refractivity contribution >= 4 is 0 Å². The Labute approximate surface area is 118 Å². The molecule has 0 spiro atoms. The molecule has 1 nitrogen and oxygen atoms in total. The van der Waals surface area contributed by atoms with Crippen LogP contribution in [0.2, 0.25) is 0 Å². The van der Waals surface area contributed by atoms with E-state index in [9.17, 15) is 0 Å². The molecule has 1 aliphatic carbocycles. The van der Waals surface area contributed by atoms with Gasteiger partial charge in [0.05, 0.1) is 7.11 Å². The lowest BCUT2D eigenvalue weighted by Crippen LogP contribution is -2.29. The molecule has 1 aromatic carbocycles. The quantitative estimate of drug-likeness (QED) is 0.695. The third kappa shape index (κ3) is 3.52. The van der Waals surface area contributed by atoms with Crippen LogP contribution < -0.4 is 4.74 Å². The molecule has 2 rings (SSSR count). The van der Waals surface area contributed by atoms with E-state index in [-0.39, 0.29) is 0 Å². The van der Waals surface area contributed by atoms with E-state index < -0.39 is 0 Å². The number of hydrogen-bond donors (Lipinski definition) is 0. The fourth-order valence-corrected chi connectivity index (χ4v) is 3.42. The van der Waals surface area contributed by atoms with E-state index in [2.05, 4.69) is 38.1 Å². The molecule has 0 N–H and O–H groups in total. The Balaban J connectivity index is 2.19. The molecular weight excluding hydrogens is 232 g/mol. The first-order valence-corrected chi connectivity index (χ1v) is 7.81. The second-order valence-corrected chi connectivity index (χ2v) is 6.50. The van der Waals surface area contributed by atoms with Crippen LogP contribution in [0, 0.1) is 5.92 Å². The van der Waals surface area contributed by atoms with Gasteiger partial charge in [-0.1, -0.05) is 51.7 Å². The molecule has 0 atom stereocenters. The van der Waals surface area contributed by atoms with Gasteiger partial charge in [-0.05, 0) is 48.3 Å². The first-order chi connectivity index (χ1) is 9.16. The van der Waals surface area contributed by atoms with Gasteiger partial charge in [0, 0.05) is 0 Å². The van der Waals surface area contributed by atoms with Crippen LogP contribution >= 0.6 is 0 Å². The van der Waals surface area contributed by atoms with E-state index in [1.165, 1.54) is 50.5 Å². The van der Waals surface area contributed by atoms with E-state index >= 15 is 0 Å². The van der Waals surface area contributed by atoms with Crippen LogP contribution in [0.5, 0.6) is 5.75 Å². The lowest BCUT2D eigenvalue weighted by Gasteiger charge is -2.38. The predicted molar refractivity (Wildman–Crippen MR) is 81.8 cm³/mol. The predicted octanol–water partition coefficient (Wildman–Crippen LogP) is 5.33. The van der Waals surface area contributed by atoms with E-state index in [0.717, 1.165) is 11.7 Å². The number of ether oxygens (including phenoxy) is 1. The summed E-state index contributed by atoms with van der Waals surface area (Å²) in [6.45, 7) is 4.68. The molecule has 1 fully saturated rings. The zero-order chi connectivity index (χ0) is 13.7. The topological polar surface area (TPSA) is 9.23 Å². The zero-order valence-corrected chi connectivity index (χ0v) is 12.7. The SMILES string of the molecule is COc1ccc(C2(CCC(C)C)CCCCC2)cc1. The van der Waals surface area contributed by atoms with Crippen LogP contribution in [-0.2, 0) is 5.41 Å². The smallest absolute Gasteiger partial charge is 0.118 e. The molecule has 0 aliphatic heterocycles. The van der Waals surface area contributed by atoms with Crippen LogP contribution in [0.4, 0.5) is 0 Å². The van der Waals surface area contributed by atoms with Crippen molar-refractivity contribution in [1.82, 2.24) is 0 Å². The van der Waals surface area contributed by atoms with Crippen LogP contribution in [0.15, 0.2) is 24.3 Å². The Hall–Kier alpha value is -0.980. The molecule has 0 aromatic heterocycles. The van der Waals surface area contributed by atoms with E-state index in [4.69, 9.17) is 4.74 Å². The highest BCUT2D eigenvalue weighted by atomic mass is 16.5. The van der Waals surface area contributed by atoms with Crippen molar-refractivity contribution in [2.24, 2.45) is 5.92 Å². The normalized spacial score (nSPS) is 18.5. The molecule has 1 aromatic rings. The van der Waals surface area contributed by atoms with Gasteiger partial charge in [-0.15, -0.1) is 0 Å². The van der Waals surface area contributed by atoms with Gasteiger partial charge in [-0.2, -0.15) is 0 Å². The van der Waals surface area contributed by atoms with E-state index in [1.807, 2.05) is 0 Å². The second kappa shape index (κ2) is 6.45. The summed E-state index contributed by atoms with van der Waals surface area (Å²) < 4.78 is 5.29. The van der Waals surface area contributed by atoms with Gasteiger partial charge in [0.2, 0.25) is 0 Å². The van der Waals surface area contributed by atoms with Gasteiger partial charge in [0.1, 0.15) is 5.75 Å². The highest BCUT2D eigenvalue weighted by Gasteiger charge is 2.33. The first kappa shape index (κ1) is 14.4. The van der Waals surface area contributed by atoms with Crippen molar-refractivity contribution in [1.29, 1.82) is 0 Å². The molecule has 106 valence electrons. The Kier molecular flexibility index (Phi) is 4.90. The minimum atomic E-state index is 0.439. The Morgan fingerprint density at radius 3 is 2.21 bits per heavy atom. The van der Waals surface area contributed by atoms with Crippen molar-refractivity contribution in [2.75, 3.05) is 7.11 Å². The van der Waals surface area contributed by atoms with Gasteiger partial charge in [0.25, 0.3) is 0 Å². The fourth-order valence-electron chi connectivity index (χ4n) is 3.42. The van der Waals surface area contributed by atoms with Crippen LogP contribution in [0.3, 0.4) is 0 Å². The Bertz CT molecular complexity index is 371. The minimum absolute atomic E-state index is 0.439. The van der Waals surface area contributed by atoms with Gasteiger partial charge in [0.15, 0.2) is 0 Å². The summed E-state index contributed by atoms with van der Waals surface area (Å²) >= 11 is 0. The maximum Gasteiger partial charge on any atom is 0.118 e. The Morgan fingerprint density at radius 2 is 1.68 bits per heavy atom. The monoisotopic (exact) mass is 260 g/mol. The second-order valence-electron chi connectivity index (χ2n) is 6.50. The Morgan fingerprint density at radius 1 is 1.05 bits per heavy atom. The standard InChI is InChI=1S/C18H28O/c1-15(2)11-14-18(12-5-4-6-13-18)16-7-9-17(19-3)10-8-16/h7-10,15H,4-6,11-14H2,1-3H3. The summed E-state index contributed by atoms with van der Waals surface area (Å²) in [5, 5.41) is 0. The average molecular weight is 260 g/mol. The molecule has 0 saturated heterocycles. The molecule has 1 aliphatic rings. The van der Waals surface area contributed by atoms with Crippen molar-refractivity contribution in [3.05, 3.63) is 29.8 Å². The average Bonchev–Trinajstić information content (AvgIpc) is 2.46. The third-order valence-electron chi connectivity index (χ3n) is 4.71.